The van der Waals surface area contributed by atoms with Gasteiger partial charge >= 0.3 is 0 Å². The van der Waals surface area contributed by atoms with E-state index in [0.29, 0.717) is 10.2 Å². The molecule has 1 unspecified atom stereocenters. The van der Waals surface area contributed by atoms with Crippen LogP contribution in [0.1, 0.15) is 27.2 Å². The number of carbonyl (C=O) groups is 1. The molecule has 0 fully saturated rings. The summed E-state index contributed by atoms with van der Waals surface area (Å²) >= 11 is 6.62. The third-order valence-electron chi connectivity index (χ3n) is 1.67. The fourth-order valence-electron chi connectivity index (χ4n) is 0.998. The SMILES string of the molecule is CC(Br)CC(C)(C)C(=O)CBr. The molecule has 0 aromatic carbocycles. The summed E-state index contributed by atoms with van der Waals surface area (Å²) in [5.41, 5.74) is -0.202. The lowest BCUT2D eigenvalue weighted by Crippen LogP contribution is -2.27. The van der Waals surface area contributed by atoms with Gasteiger partial charge in [-0.1, -0.05) is 52.6 Å². The Bertz CT molecular complexity index is 141. The highest BCUT2D eigenvalue weighted by Gasteiger charge is 2.27. The second-order valence-electron chi connectivity index (χ2n) is 3.43. The van der Waals surface area contributed by atoms with Gasteiger partial charge in [0.1, 0.15) is 5.78 Å². The number of hydrogen-bond acceptors (Lipinski definition) is 1. The first-order valence-electron chi connectivity index (χ1n) is 3.63. The van der Waals surface area contributed by atoms with Crippen LogP contribution in [0.3, 0.4) is 0 Å². The zero-order valence-corrected chi connectivity index (χ0v) is 10.3. The lowest BCUT2D eigenvalue weighted by atomic mass is 9.84. The van der Waals surface area contributed by atoms with Gasteiger partial charge in [-0.15, -0.1) is 0 Å². The largest absolute Gasteiger partial charge is 0.298 e. The summed E-state index contributed by atoms with van der Waals surface area (Å²) in [5.74, 6) is 0.267. The summed E-state index contributed by atoms with van der Waals surface area (Å²) in [5, 5.41) is 0.458. The molecular formula is C8H14Br2O. The molecule has 11 heavy (non-hydrogen) atoms. The molecule has 0 rings (SSSR count). The molecule has 0 amide bonds. The smallest absolute Gasteiger partial charge is 0.149 e. The van der Waals surface area contributed by atoms with Gasteiger partial charge in [0.15, 0.2) is 0 Å². The maximum atomic E-state index is 11.3. The molecule has 0 radical (unpaired) electrons. The molecule has 0 aliphatic rings. The molecule has 66 valence electrons. The molecule has 0 N–H and O–H groups in total. The Kier molecular flexibility index (Phi) is 4.87. The van der Waals surface area contributed by atoms with Gasteiger partial charge in [0.05, 0.1) is 5.33 Å². The van der Waals surface area contributed by atoms with Crippen LogP contribution in [0.5, 0.6) is 0 Å². The van der Waals surface area contributed by atoms with Gasteiger partial charge in [0.2, 0.25) is 0 Å². The van der Waals surface area contributed by atoms with E-state index in [-0.39, 0.29) is 11.2 Å². The van der Waals surface area contributed by atoms with Crippen molar-refractivity contribution in [2.45, 2.75) is 32.0 Å². The minimum absolute atomic E-state index is 0.202. The monoisotopic (exact) mass is 284 g/mol. The van der Waals surface area contributed by atoms with Crippen LogP contribution in [-0.4, -0.2) is 15.9 Å². The number of rotatable bonds is 4. The van der Waals surface area contributed by atoms with Crippen LogP contribution in [0.25, 0.3) is 0 Å². The third kappa shape index (κ3) is 4.26. The summed E-state index contributed by atoms with van der Waals surface area (Å²) in [7, 11) is 0. The van der Waals surface area contributed by atoms with E-state index in [2.05, 4.69) is 38.8 Å². The number of carbonyl (C=O) groups excluding carboxylic acids is 1. The van der Waals surface area contributed by atoms with E-state index >= 15 is 0 Å². The molecule has 0 aromatic heterocycles. The van der Waals surface area contributed by atoms with Crippen molar-refractivity contribution in [3.8, 4) is 0 Å². The highest BCUT2D eigenvalue weighted by Crippen LogP contribution is 2.27. The summed E-state index contributed by atoms with van der Waals surface area (Å²) < 4.78 is 0. The number of ketones is 1. The molecule has 3 heteroatoms. The van der Waals surface area contributed by atoms with E-state index in [1.807, 2.05) is 13.8 Å². The lowest BCUT2D eigenvalue weighted by molar-refractivity contribution is -0.124. The van der Waals surface area contributed by atoms with Crippen LogP contribution < -0.4 is 0 Å². The van der Waals surface area contributed by atoms with Crippen LogP contribution in [0, 0.1) is 5.41 Å². The molecule has 1 atom stereocenters. The molecule has 0 aliphatic heterocycles. The first kappa shape index (κ1) is 11.6. The topological polar surface area (TPSA) is 17.1 Å². The van der Waals surface area contributed by atoms with E-state index < -0.39 is 0 Å². The number of hydrogen-bond donors (Lipinski definition) is 0. The van der Waals surface area contributed by atoms with Gasteiger partial charge in [-0.2, -0.15) is 0 Å². The van der Waals surface area contributed by atoms with Crippen molar-refractivity contribution in [3.05, 3.63) is 0 Å². The van der Waals surface area contributed by atoms with Gasteiger partial charge in [0, 0.05) is 10.2 Å². The standard InChI is InChI=1S/C8H14Br2O/c1-6(10)4-8(2,3)7(11)5-9/h6H,4-5H2,1-3H3. The van der Waals surface area contributed by atoms with Crippen molar-refractivity contribution in [1.82, 2.24) is 0 Å². The van der Waals surface area contributed by atoms with Crippen LogP contribution in [0.4, 0.5) is 0 Å². The van der Waals surface area contributed by atoms with Crippen LogP contribution >= 0.6 is 31.9 Å². The second-order valence-corrected chi connectivity index (χ2v) is 5.55. The van der Waals surface area contributed by atoms with E-state index in [1.54, 1.807) is 0 Å². The Labute approximate surface area is 85.2 Å². The number of Topliss-reactive ketones (excluding diaryl/α,β-unsaturated/α-hetero) is 1. The summed E-state index contributed by atoms with van der Waals surface area (Å²) in [4.78, 5) is 11.7. The maximum absolute atomic E-state index is 11.3. The molecule has 0 aliphatic carbocycles. The Morgan fingerprint density at radius 1 is 1.55 bits per heavy atom. The predicted molar refractivity (Wildman–Crippen MR) is 55.6 cm³/mol. The number of alkyl halides is 2. The molecule has 0 saturated carbocycles. The fourth-order valence-corrected chi connectivity index (χ4v) is 2.57. The van der Waals surface area contributed by atoms with Crippen LogP contribution in [0.2, 0.25) is 0 Å². The molecule has 0 saturated heterocycles. The van der Waals surface area contributed by atoms with Crippen molar-refractivity contribution < 1.29 is 4.79 Å². The average Bonchev–Trinajstić information content (AvgIpc) is 1.83. The summed E-state index contributed by atoms with van der Waals surface area (Å²) in [6.07, 6.45) is 0.886. The minimum atomic E-state index is -0.202. The molecule has 1 nitrogen and oxygen atoms in total. The number of halogens is 2. The highest BCUT2D eigenvalue weighted by molar-refractivity contribution is 9.09. The van der Waals surface area contributed by atoms with Crippen molar-refractivity contribution in [2.75, 3.05) is 5.33 Å². The Morgan fingerprint density at radius 2 is 2.00 bits per heavy atom. The normalized spacial score (nSPS) is 14.6. The summed E-state index contributed by atoms with van der Waals surface area (Å²) in [6, 6.07) is 0. The summed E-state index contributed by atoms with van der Waals surface area (Å²) in [6.45, 7) is 6.02. The van der Waals surface area contributed by atoms with Gasteiger partial charge in [-0.05, 0) is 6.42 Å². The Morgan fingerprint density at radius 3 is 2.27 bits per heavy atom. The van der Waals surface area contributed by atoms with Gasteiger partial charge in [0.25, 0.3) is 0 Å². The molecule has 0 bridgehead atoms. The second kappa shape index (κ2) is 4.61. The average molecular weight is 286 g/mol. The van der Waals surface area contributed by atoms with Gasteiger partial charge in [-0.25, -0.2) is 0 Å². The minimum Gasteiger partial charge on any atom is -0.298 e. The molecule has 0 aromatic rings. The van der Waals surface area contributed by atoms with E-state index in [0.717, 1.165) is 6.42 Å². The van der Waals surface area contributed by atoms with Crippen LogP contribution in [0.15, 0.2) is 0 Å². The first-order chi connectivity index (χ1) is 4.90. The van der Waals surface area contributed by atoms with Crippen LogP contribution in [-0.2, 0) is 4.79 Å². The molecular weight excluding hydrogens is 272 g/mol. The Balaban J connectivity index is 4.09. The molecule has 0 spiro atoms. The maximum Gasteiger partial charge on any atom is 0.149 e. The fraction of sp³-hybridized carbons (Fsp3) is 0.875. The predicted octanol–water partition coefficient (Wildman–Crippen LogP) is 3.15. The van der Waals surface area contributed by atoms with Gasteiger partial charge in [-0.3, -0.25) is 4.79 Å². The van der Waals surface area contributed by atoms with Crippen molar-refractivity contribution in [1.29, 1.82) is 0 Å². The van der Waals surface area contributed by atoms with E-state index in [1.165, 1.54) is 0 Å². The van der Waals surface area contributed by atoms with Crippen molar-refractivity contribution in [3.63, 3.8) is 0 Å². The first-order valence-corrected chi connectivity index (χ1v) is 5.67. The van der Waals surface area contributed by atoms with Gasteiger partial charge < -0.3 is 0 Å². The molecule has 0 heterocycles. The van der Waals surface area contributed by atoms with Crippen molar-refractivity contribution in [2.24, 2.45) is 5.41 Å². The van der Waals surface area contributed by atoms with Crippen molar-refractivity contribution >= 4 is 37.6 Å². The third-order valence-corrected chi connectivity index (χ3v) is 2.50. The quantitative estimate of drug-likeness (QED) is 0.725. The van der Waals surface area contributed by atoms with E-state index in [9.17, 15) is 4.79 Å². The zero-order chi connectivity index (χ0) is 9.07. The highest BCUT2D eigenvalue weighted by atomic mass is 79.9. The lowest BCUT2D eigenvalue weighted by Gasteiger charge is -2.23. The Hall–Kier alpha value is 0.630. The van der Waals surface area contributed by atoms with E-state index in [4.69, 9.17) is 0 Å². The zero-order valence-electron chi connectivity index (χ0n) is 7.16.